The van der Waals surface area contributed by atoms with Gasteiger partial charge in [0.15, 0.2) is 0 Å². The number of carbonyl (C=O) groups is 1. The third kappa shape index (κ3) is 3.17. The smallest absolute Gasteiger partial charge is 0.226 e. The fourth-order valence-electron chi connectivity index (χ4n) is 3.12. The van der Waals surface area contributed by atoms with Crippen LogP contribution in [0.3, 0.4) is 0 Å². The third-order valence-corrected chi connectivity index (χ3v) is 4.42. The van der Waals surface area contributed by atoms with Crippen LogP contribution in [0.25, 0.3) is 0 Å². The van der Waals surface area contributed by atoms with Crippen molar-refractivity contribution in [3.63, 3.8) is 0 Å². The molecule has 3 rings (SSSR count). The van der Waals surface area contributed by atoms with Crippen LogP contribution in [-0.4, -0.2) is 16.8 Å². The van der Waals surface area contributed by atoms with Gasteiger partial charge < -0.3 is 4.90 Å². The van der Waals surface area contributed by atoms with Crippen molar-refractivity contribution in [2.24, 2.45) is 5.92 Å². The van der Waals surface area contributed by atoms with Crippen LogP contribution in [-0.2, 0) is 11.3 Å². The lowest BCUT2D eigenvalue weighted by Gasteiger charge is -2.34. The maximum absolute atomic E-state index is 12.5. The molecule has 2 nitrogen and oxygen atoms in total. The first-order valence-electron chi connectivity index (χ1n) is 7.69. The molecule has 0 aromatic heterocycles. The van der Waals surface area contributed by atoms with E-state index in [1.807, 2.05) is 6.07 Å². The molecule has 2 fully saturated rings. The van der Waals surface area contributed by atoms with Gasteiger partial charge in [-0.15, -0.1) is 0 Å². The first-order chi connectivity index (χ1) is 9.34. The van der Waals surface area contributed by atoms with E-state index in [1.54, 1.807) is 0 Å². The van der Waals surface area contributed by atoms with Gasteiger partial charge in [0.05, 0.1) is 0 Å². The predicted molar refractivity (Wildman–Crippen MR) is 76.6 cm³/mol. The monoisotopic (exact) mass is 257 g/mol. The van der Waals surface area contributed by atoms with E-state index in [9.17, 15) is 4.79 Å². The summed E-state index contributed by atoms with van der Waals surface area (Å²) in [5.41, 5.74) is 1.27. The van der Waals surface area contributed by atoms with E-state index in [4.69, 9.17) is 0 Å². The second-order valence-corrected chi connectivity index (χ2v) is 6.02. The fraction of sp³-hybridized carbons (Fsp3) is 0.588. The van der Waals surface area contributed by atoms with E-state index in [-0.39, 0.29) is 0 Å². The lowest BCUT2D eigenvalue weighted by atomic mass is 9.93. The normalized spacial score (nSPS) is 20.2. The van der Waals surface area contributed by atoms with Crippen LogP contribution in [0.1, 0.15) is 50.5 Å². The summed E-state index contributed by atoms with van der Waals surface area (Å²) >= 11 is 0. The molecule has 0 saturated heterocycles. The molecule has 2 aliphatic carbocycles. The SMILES string of the molecule is O=C(C1CC1)N(Cc1ccccc1)C1CCCCC1. The molecule has 2 saturated carbocycles. The number of benzene rings is 1. The molecule has 0 spiro atoms. The molecule has 102 valence electrons. The summed E-state index contributed by atoms with van der Waals surface area (Å²) in [4.78, 5) is 14.7. The largest absolute Gasteiger partial charge is 0.335 e. The summed E-state index contributed by atoms with van der Waals surface area (Å²) < 4.78 is 0. The Bertz CT molecular complexity index is 418. The summed E-state index contributed by atoms with van der Waals surface area (Å²) in [5.74, 6) is 0.751. The number of hydrogen-bond acceptors (Lipinski definition) is 1. The Balaban J connectivity index is 1.73. The van der Waals surface area contributed by atoms with Gasteiger partial charge >= 0.3 is 0 Å². The van der Waals surface area contributed by atoms with Crippen molar-refractivity contribution in [2.45, 2.75) is 57.5 Å². The van der Waals surface area contributed by atoms with Gasteiger partial charge in [0, 0.05) is 18.5 Å². The van der Waals surface area contributed by atoms with Gasteiger partial charge in [0.2, 0.25) is 5.91 Å². The van der Waals surface area contributed by atoms with Crippen molar-refractivity contribution in [1.82, 2.24) is 4.90 Å². The maximum atomic E-state index is 12.5. The minimum absolute atomic E-state index is 0.339. The van der Waals surface area contributed by atoms with Crippen molar-refractivity contribution < 1.29 is 4.79 Å². The molecular formula is C17H23NO. The molecule has 0 unspecified atom stereocenters. The number of hydrogen-bond donors (Lipinski definition) is 0. The zero-order chi connectivity index (χ0) is 13.1. The van der Waals surface area contributed by atoms with Gasteiger partial charge in [0.25, 0.3) is 0 Å². The lowest BCUT2D eigenvalue weighted by Crippen LogP contribution is -2.41. The molecule has 0 N–H and O–H groups in total. The quantitative estimate of drug-likeness (QED) is 0.804. The van der Waals surface area contributed by atoms with Crippen LogP contribution in [0.15, 0.2) is 30.3 Å². The Kier molecular flexibility index (Phi) is 3.86. The summed E-state index contributed by atoms with van der Waals surface area (Å²) in [6.07, 6.45) is 8.53. The number of rotatable bonds is 4. The number of amides is 1. The van der Waals surface area contributed by atoms with Crippen molar-refractivity contribution in [3.05, 3.63) is 35.9 Å². The van der Waals surface area contributed by atoms with Crippen LogP contribution in [0, 0.1) is 5.92 Å². The van der Waals surface area contributed by atoms with Gasteiger partial charge in [-0.25, -0.2) is 0 Å². The van der Waals surface area contributed by atoms with Gasteiger partial charge in [-0.3, -0.25) is 4.79 Å². The van der Waals surface area contributed by atoms with Crippen LogP contribution in [0.2, 0.25) is 0 Å². The van der Waals surface area contributed by atoms with Crippen LogP contribution in [0.4, 0.5) is 0 Å². The molecule has 1 amide bonds. The van der Waals surface area contributed by atoms with E-state index in [1.165, 1.54) is 37.7 Å². The summed E-state index contributed by atoms with van der Waals surface area (Å²) in [6, 6.07) is 10.9. The molecule has 0 atom stereocenters. The highest BCUT2D eigenvalue weighted by Gasteiger charge is 2.36. The number of carbonyl (C=O) groups excluding carboxylic acids is 1. The highest BCUT2D eigenvalue weighted by atomic mass is 16.2. The highest BCUT2D eigenvalue weighted by Crippen LogP contribution is 2.34. The molecule has 2 aliphatic rings. The van der Waals surface area contributed by atoms with E-state index in [2.05, 4.69) is 29.2 Å². The van der Waals surface area contributed by atoms with Gasteiger partial charge in [-0.05, 0) is 31.2 Å². The second kappa shape index (κ2) is 5.77. The third-order valence-electron chi connectivity index (χ3n) is 4.42. The Morgan fingerprint density at radius 2 is 1.68 bits per heavy atom. The maximum Gasteiger partial charge on any atom is 0.226 e. The Labute approximate surface area is 115 Å². The molecule has 2 heteroatoms. The van der Waals surface area contributed by atoms with Crippen LogP contribution >= 0.6 is 0 Å². The Morgan fingerprint density at radius 1 is 1.00 bits per heavy atom. The molecule has 19 heavy (non-hydrogen) atoms. The molecule has 1 aromatic rings. The molecule has 0 bridgehead atoms. The first kappa shape index (κ1) is 12.7. The first-order valence-corrected chi connectivity index (χ1v) is 7.69. The zero-order valence-corrected chi connectivity index (χ0v) is 11.6. The topological polar surface area (TPSA) is 20.3 Å². The molecule has 0 heterocycles. The van der Waals surface area contributed by atoms with Crippen molar-refractivity contribution >= 4 is 5.91 Å². The van der Waals surface area contributed by atoms with Gasteiger partial charge in [-0.1, -0.05) is 49.6 Å². The van der Waals surface area contributed by atoms with E-state index in [0.717, 1.165) is 19.4 Å². The Morgan fingerprint density at radius 3 is 2.32 bits per heavy atom. The average Bonchev–Trinajstić information content (AvgIpc) is 3.31. The summed E-state index contributed by atoms with van der Waals surface area (Å²) in [7, 11) is 0. The average molecular weight is 257 g/mol. The second-order valence-electron chi connectivity index (χ2n) is 6.02. The van der Waals surface area contributed by atoms with Crippen LogP contribution in [0.5, 0.6) is 0 Å². The van der Waals surface area contributed by atoms with E-state index in [0.29, 0.717) is 17.9 Å². The zero-order valence-electron chi connectivity index (χ0n) is 11.6. The number of nitrogens with zero attached hydrogens (tertiary/aromatic N) is 1. The molecule has 0 aliphatic heterocycles. The van der Waals surface area contributed by atoms with Gasteiger partial charge in [0.1, 0.15) is 0 Å². The van der Waals surface area contributed by atoms with E-state index < -0.39 is 0 Å². The minimum Gasteiger partial charge on any atom is -0.335 e. The Hall–Kier alpha value is -1.31. The predicted octanol–water partition coefficient (Wildman–Crippen LogP) is 3.76. The van der Waals surface area contributed by atoms with Crippen molar-refractivity contribution in [1.29, 1.82) is 0 Å². The molecule has 1 aromatic carbocycles. The van der Waals surface area contributed by atoms with E-state index >= 15 is 0 Å². The minimum atomic E-state index is 0.339. The van der Waals surface area contributed by atoms with Crippen molar-refractivity contribution in [3.8, 4) is 0 Å². The van der Waals surface area contributed by atoms with Crippen molar-refractivity contribution in [2.75, 3.05) is 0 Å². The lowest BCUT2D eigenvalue weighted by molar-refractivity contribution is -0.136. The fourth-order valence-corrected chi connectivity index (χ4v) is 3.12. The van der Waals surface area contributed by atoms with Crippen LogP contribution < -0.4 is 0 Å². The highest BCUT2D eigenvalue weighted by molar-refractivity contribution is 5.81. The standard InChI is InChI=1S/C17H23NO/c19-17(15-11-12-15)18(16-9-5-2-6-10-16)13-14-7-3-1-4-8-14/h1,3-4,7-8,15-16H,2,5-6,9-13H2. The molecular weight excluding hydrogens is 234 g/mol. The summed E-state index contributed by atoms with van der Waals surface area (Å²) in [5, 5.41) is 0. The summed E-state index contributed by atoms with van der Waals surface area (Å²) in [6.45, 7) is 0.806. The van der Waals surface area contributed by atoms with Gasteiger partial charge in [-0.2, -0.15) is 0 Å². The molecule has 0 radical (unpaired) electrons.